The van der Waals surface area contributed by atoms with E-state index in [-0.39, 0.29) is 11.2 Å². The molecule has 1 aliphatic rings. The number of pyridine rings is 1. The first-order valence-corrected chi connectivity index (χ1v) is 12.5. The van der Waals surface area contributed by atoms with Crippen LogP contribution in [0, 0.1) is 0 Å². The average molecular weight is 507 g/mol. The number of ether oxygens (including phenoxy) is 1. The van der Waals surface area contributed by atoms with Gasteiger partial charge in [-0.15, -0.1) is 0 Å². The summed E-state index contributed by atoms with van der Waals surface area (Å²) in [6.07, 6.45) is 3.86. The monoisotopic (exact) mass is 506 g/mol. The van der Waals surface area contributed by atoms with E-state index in [0.717, 1.165) is 16.7 Å². The van der Waals surface area contributed by atoms with Crippen molar-refractivity contribution in [2.45, 2.75) is 31.7 Å². The van der Waals surface area contributed by atoms with E-state index in [2.05, 4.69) is 41.4 Å². The zero-order chi connectivity index (χ0) is 26.7. The van der Waals surface area contributed by atoms with Crippen molar-refractivity contribution in [3.05, 3.63) is 120 Å². The third kappa shape index (κ3) is 4.83. The zero-order valence-corrected chi connectivity index (χ0v) is 21.6. The molecule has 2 heterocycles. The molecule has 1 aliphatic heterocycles. The van der Waals surface area contributed by atoms with E-state index in [9.17, 15) is 9.90 Å². The molecule has 0 fully saturated rings. The summed E-state index contributed by atoms with van der Waals surface area (Å²) in [5.41, 5.74) is 4.59. The summed E-state index contributed by atoms with van der Waals surface area (Å²) in [6, 6.07) is 25.9. The number of rotatable bonds is 6. The number of carbonyl (C=O) groups is 1. The lowest BCUT2D eigenvalue weighted by atomic mass is 9.78. The van der Waals surface area contributed by atoms with Crippen LogP contribution in [-0.4, -0.2) is 34.0 Å². The van der Waals surface area contributed by atoms with Crippen LogP contribution in [0.5, 0.6) is 11.5 Å². The van der Waals surface area contributed by atoms with Gasteiger partial charge in [-0.3, -0.25) is 4.98 Å². The minimum Gasteiger partial charge on any atom is -0.508 e. The number of anilines is 1. The highest BCUT2D eigenvalue weighted by molar-refractivity contribution is 6.04. The van der Waals surface area contributed by atoms with Crippen LogP contribution in [-0.2, 0) is 5.41 Å². The Kier molecular flexibility index (Phi) is 6.83. The summed E-state index contributed by atoms with van der Waals surface area (Å²) in [5.74, 6) is 0.655. The molecule has 4 aromatic rings. The number of benzene rings is 3. The molecule has 0 spiro atoms. The SMILES string of the molecule is COc1ccc(C(C)(C)c2ccccc2)cc1NC(=O)N1N=C(c2cccnc2)CC1c1ccccc1O. The summed E-state index contributed by atoms with van der Waals surface area (Å²) < 4.78 is 5.59. The first kappa shape index (κ1) is 25.0. The molecule has 7 heteroatoms. The van der Waals surface area contributed by atoms with E-state index in [0.29, 0.717) is 29.1 Å². The van der Waals surface area contributed by atoms with Gasteiger partial charge in [0.15, 0.2) is 0 Å². The van der Waals surface area contributed by atoms with Crippen molar-refractivity contribution in [2.75, 3.05) is 12.4 Å². The number of phenolic OH excluding ortho intramolecular Hbond substituents is 1. The lowest BCUT2D eigenvalue weighted by molar-refractivity contribution is 0.199. The number of hydrogen-bond donors (Lipinski definition) is 2. The molecule has 0 saturated heterocycles. The highest BCUT2D eigenvalue weighted by Gasteiger charge is 2.35. The zero-order valence-electron chi connectivity index (χ0n) is 21.6. The smallest absolute Gasteiger partial charge is 0.342 e. The largest absolute Gasteiger partial charge is 0.508 e. The Bertz CT molecular complexity index is 1470. The van der Waals surface area contributed by atoms with Crippen molar-refractivity contribution < 1.29 is 14.6 Å². The van der Waals surface area contributed by atoms with E-state index < -0.39 is 12.1 Å². The molecule has 192 valence electrons. The van der Waals surface area contributed by atoms with Crippen molar-refractivity contribution in [3.8, 4) is 11.5 Å². The Labute approximate surface area is 222 Å². The van der Waals surface area contributed by atoms with Gasteiger partial charge in [-0.1, -0.05) is 74.5 Å². The predicted octanol–water partition coefficient (Wildman–Crippen LogP) is 6.50. The maximum Gasteiger partial charge on any atom is 0.342 e. The second-order valence-electron chi connectivity index (χ2n) is 9.75. The number of methoxy groups -OCH3 is 1. The number of urea groups is 1. The fraction of sp³-hybridized carbons (Fsp3) is 0.194. The molecule has 7 nitrogen and oxygen atoms in total. The van der Waals surface area contributed by atoms with Crippen LogP contribution in [0.25, 0.3) is 0 Å². The normalized spacial score (nSPS) is 15.2. The number of aromatic nitrogens is 1. The Balaban J connectivity index is 1.50. The van der Waals surface area contributed by atoms with Gasteiger partial charge in [0, 0.05) is 35.4 Å². The van der Waals surface area contributed by atoms with Crippen LogP contribution in [0.1, 0.15) is 48.6 Å². The van der Waals surface area contributed by atoms with E-state index in [4.69, 9.17) is 4.74 Å². The fourth-order valence-electron chi connectivity index (χ4n) is 4.81. The summed E-state index contributed by atoms with van der Waals surface area (Å²) in [7, 11) is 1.58. The second-order valence-corrected chi connectivity index (χ2v) is 9.75. The summed E-state index contributed by atoms with van der Waals surface area (Å²) >= 11 is 0. The minimum atomic E-state index is -0.485. The Morgan fingerprint density at radius 3 is 2.47 bits per heavy atom. The topological polar surface area (TPSA) is 87.0 Å². The number of nitrogens with one attached hydrogen (secondary N) is 1. The number of hydrazone groups is 1. The number of phenols is 1. The number of carbonyl (C=O) groups excluding carboxylic acids is 1. The van der Waals surface area contributed by atoms with Gasteiger partial charge < -0.3 is 15.2 Å². The molecule has 0 aliphatic carbocycles. The number of nitrogens with zero attached hydrogens (tertiary/aromatic N) is 3. The predicted molar refractivity (Wildman–Crippen MR) is 149 cm³/mol. The van der Waals surface area contributed by atoms with Gasteiger partial charge in [0.25, 0.3) is 0 Å². The molecule has 0 saturated carbocycles. The summed E-state index contributed by atoms with van der Waals surface area (Å²) in [4.78, 5) is 17.9. The van der Waals surface area contributed by atoms with Gasteiger partial charge in [0.05, 0.1) is 24.6 Å². The third-order valence-corrected chi connectivity index (χ3v) is 7.07. The van der Waals surface area contributed by atoms with Gasteiger partial charge >= 0.3 is 6.03 Å². The standard InChI is InChI=1S/C31H30N4O3/c1-31(2,22-11-5-4-6-12-22)23-15-16-29(38-3)26(18-23)33-30(37)35-27(24-13-7-8-14-28(24)36)19-25(34-35)21-10-9-17-32-20-21/h4-18,20,27,36H,19H2,1-3H3,(H,33,37). The molecular formula is C31H30N4O3. The third-order valence-electron chi connectivity index (χ3n) is 7.07. The van der Waals surface area contributed by atoms with E-state index in [1.165, 1.54) is 5.01 Å². The molecule has 1 unspecified atom stereocenters. The first-order chi connectivity index (χ1) is 18.4. The average Bonchev–Trinajstić information content (AvgIpc) is 3.40. The van der Waals surface area contributed by atoms with Gasteiger partial charge in [-0.2, -0.15) is 5.10 Å². The minimum absolute atomic E-state index is 0.113. The molecular weight excluding hydrogens is 476 g/mol. The van der Waals surface area contributed by atoms with E-state index in [1.807, 2.05) is 60.7 Å². The maximum absolute atomic E-state index is 13.7. The van der Waals surface area contributed by atoms with E-state index in [1.54, 1.807) is 31.6 Å². The second kappa shape index (κ2) is 10.4. The highest BCUT2D eigenvalue weighted by atomic mass is 16.5. The molecule has 38 heavy (non-hydrogen) atoms. The van der Waals surface area contributed by atoms with Gasteiger partial charge in [0.2, 0.25) is 0 Å². The number of amides is 2. The molecule has 3 aromatic carbocycles. The molecule has 2 N–H and O–H groups in total. The van der Waals surface area contributed by atoms with Gasteiger partial charge in [-0.05, 0) is 35.4 Å². The van der Waals surface area contributed by atoms with Crippen LogP contribution in [0.3, 0.4) is 0 Å². The molecule has 0 radical (unpaired) electrons. The van der Waals surface area contributed by atoms with Gasteiger partial charge in [0.1, 0.15) is 11.5 Å². The van der Waals surface area contributed by atoms with Crippen LogP contribution in [0.4, 0.5) is 10.5 Å². The van der Waals surface area contributed by atoms with Crippen molar-refractivity contribution >= 4 is 17.4 Å². The number of hydrogen-bond acceptors (Lipinski definition) is 5. The fourth-order valence-corrected chi connectivity index (χ4v) is 4.81. The summed E-state index contributed by atoms with van der Waals surface area (Å²) in [6.45, 7) is 4.30. The van der Waals surface area contributed by atoms with Crippen molar-refractivity contribution in [1.82, 2.24) is 9.99 Å². The van der Waals surface area contributed by atoms with Crippen molar-refractivity contribution in [1.29, 1.82) is 0 Å². The lowest BCUT2D eigenvalue weighted by Crippen LogP contribution is -2.31. The Morgan fingerprint density at radius 1 is 1.00 bits per heavy atom. The van der Waals surface area contributed by atoms with Crippen molar-refractivity contribution in [2.24, 2.45) is 5.10 Å². The van der Waals surface area contributed by atoms with E-state index >= 15 is 0 Å². The Hall–Kier alpha value is -4.65. The quantitative estimate of drug-likeness (QED) is 0.312. The number of para-hydroxylation sites is 1. The van der Waals surface area contributed by atoms with Gasteiger partial charge in [-0.25, -0.2) is 9.80 Å². The molecule has 1 aromatic heterocycles. The maximum atomic E-state index is 13.7. The van der Waals surface area contributed by atoms with Crippen molar-refractivity contribution in [3.63, 3.8) is 0 Å². The molecule has 2 amide bonds. The molecule has 5 rings (SSSR count). The Morgan fingerprint density at radius 2 is 1.76 bits per heavy atom. The summed E-state index contributed by atoms with van der Waals surface area (Å²) in [5, 5.41) is 19.7. The molecule has 1 atom stereocenters. The van der Waals surface area contributed by atoms with Crippen LogP contribution < -0.4 is 10.1 Å². The molecule has 0 bridgehead atoms. The first-order valence-electron chi connectivity index (χ1n) is 12.5. The lowest BCUT2D eigenvalue weighted by Gasteiger charge is -2.28. The van der Waals surface area contributed by atoms with Crippen LogP contribution >= 0.6 is 0 Å². The number of aromatic hydroxyl groups is 1. The van der Waals surface area contributed by atoms with Crippen LogP contribution in [0.15, 0.2) is 102 Å². The highest BCUT2D eigenvalue weighted by Crippen LogP contribution is 2.39. The van der Waals surface area contributed by atoms with Crippen LogP contribution in [0.2, 0.25) is 0 Å².